The highest BCUT2D eigenvalue weighted by molar-refractivity contribution is 9.10. The summed E-state index contributed by atoms with van der Waals surface area (Å²) in [4.78, 5) is 12.0. The zero-order valence-electron chi connectivity index (χ0n) is 11.1. The average molecular weight is 353 g/mol. The molecule has 0 aliphatic heterocycles. The van der Waals surface area contributed by atoms with E-state index in [1.54, 1.807) is 0 Å². The van der Waals surface area contributed by atoms with E-state index < -0.39 is 0 Å². The molecule has 4 heteroatoms. The van der Waals surface area contributed by atoms with E-state index in [0.29, 0.717) is 11.4 Å². The Bertz CT molecular complexity index is 598. The Morgan fingerprint density at radius 3 is 2.60 bits per heavy atom. The molecular weight excluding hydrogens is 338 g/mol. The predicted octanol–water partition coefficient (Wildman–Crippen LogP) is 4.52. The van der Waals surface area contributed by atoms with Crippen molar-refractivity contribution in [2.45, 2.75) is 19.4 Å². The Hall–Kier alpha value is -1.32. The van der Waals surface area contributed by atoms with Crippen molar-refractivity contribution in [3.05, 3.63) is 69.2 Å². The smallest absolute Gasteiger partial charge is 0.224 e. The summed E-state index contributed by atoms with van der Waals surface area (Å²) in [6.45, 7) is 1.95. The molecule has 1 unspecified atom stereocenters. The summed E-state index contributed by atoms with van der Waals surface area (Å²) in [5.41, 5.74) is 1.99. The highest BCUT2D eigenvalue weighted by atomic mass is 79.9. The van der Waals surface area contributed by atoms with E-state index in [2.05, 4.69) is 21.2 Å². The lowest BCUT2D eigenvalue weighted by Gasteiger charge is -2.14. The van der Waals surface area contributed by atoms with E-state index in [4.69, 9.17) is 11.6 Å². The first-order valence-corrected chi connectivity index (χ1v) is 7.51. The largest absolute Gasteiger partial charge is 0.349 e. The fourth-order valence-electron chi connectivity index (χ4n) is 1.94. The number of hydrogen-bond donors (Lipinski definition) is 1. The van der Waals surface area contributed by atoms with Crippen LogP contribution in [0.1, 0.15) is 24.1 Å². The monoisotopic (exact) mass is 351 g/mol. The Balaban J connectivity index is 1.95. The van der Waals surface area contributed by atoms with Gasteiger partial charge in [-0.15, -0.1) is 0 Å². The quantitative estimate of drug-likeness (QED) is 0.861. The van der Waals surface area contributed by atoms with E-state index in [0.717, 1.165) is 15.6 Å². The van der Waals surface area contributed by atoms with Crippen molar-refractivity contribution in [2.24, 2.45) is 0 Å². The molecule has 1 N–H and O–H groups in total. The van der Waals surface area contributed by atoms with Gasteiger partial charge in [-0.25, -0.2) is 0 Å². The maximum atomic E-state index is 12.0. The SMILES string of the molecule is CC(NC(=O)Cc1ccc(Br)cc1)c1cccc(Cl)c1. The van der Waals surface area contributed by atoms with Gasteiger partial charge in [0.05, 0.1) is 12.5 Å². The van der Waals surface area contributed by atoms with E-state index in [1.165, 1.54) is 0 Å². The first-order chi connectivity index (χ1) is 9.54. The van der Waals surface area contributed by atoms with Crippen LogP contribution in [0.4, 0.5) is 0 Å². The van der Waals surface area contributed by atoms with Crippen molar-refractivity contribution in [3.8, 4) is 0 Å². The number of nitrogens with one attached hydrogen (secondary N) is 1. The van der Waals surface area contributed by atoms with Crippen LogP contribution in [0.2, 0.25) is 5.02 Å². The van der Waals surface area contributed by atoms with Crippen LogP contribution in [0.5, 0.6) is 0 Å². The minimum absolute atomic E-state index is 0.000187. The van der Waals surface area contributed by atoms with Gasteiger partial charge in [0.2, 0.25) is 5.91 Å². The maximum Gasteiger partial charge on any atom is 0.224 e. The number of benzene rings is 2. The fourth-order valence-corrected chi connectivity index (χ4v) is 2.40. The van der Waals surface area contributed by atoms with Crippen LogP contribution in [-0.4, -0.2) is 5.91 Å². The van der Waals surface area contributed by atoms with Crippen molar-refractivity contribution < 1.29 is 4.79 Å². The third-order valence-electron chi connectivity index (χ3n) is 3.00. The lowest BCUT2D eigenvalue weighted by atomic mass is 10.1. The topological polar surface area (TPSA) is 29.1 Å². The summed E-state index contributed by atoms with van der Waals surface area (Å²) in [5, 5.41) is 3.65. The van der Waals surface area contributed by atoms with Crippen LogP contribution in [-0.2, 0) is 11.2 Å². The van der Waals surface area contributed by atoms with Crippen LogP contribution in [0, 0.1) is 0 Å². The molecule has 0 saturated heterocycles. The summed E-state index contributed by atoms with van der Waals surface area (Å²) in [6.07, 6.45) is 0.373. The zero-order chi connectivity index (χ0) is 14.5. The molecule has 0 fully saturated rings. The summed E-state index contributed by atoms with van der Waals surface area (Å²) in [5.74, 6) is -0.000187. The average Bonchev–Trinajstić information content (AvgIpc) is 2.41. The molecule has 0 aromatic heterocycles. The second kappa shape index (κ2) is 6.91. The van der Waals surface area contributed by atoms with Crippen LogP contribution >= 0.6 is 27.5 Å². The lowest BCUT2D eigenvalue weighted by molar-refractivity contribution is -0.121. The molecule has 2 rings (SSSR count). The van der Waals surface area contributed by atoms with Crippen molar-refractivity contribution in [1.82, 2.24) is 5.32 Å². The van der Waals surface area contributed by atoms with Crippen LogP contribution in [0.3, 0.4) is 0 Å². The number of hydrogen-bond acceptors (Lipinski definition) is 1. The number of halogens is 2. The number of carbonyl (C=O) groups is 1. The van der Waals surface area contributed by atoms with Gasteiger partial charge in [0.1, 0.15) is 0 Å². The Morgan fingerprint density at radius 2 is 1.95 bits per heavy atom. The highest BCUT2D eigenvalue weighted by Crippen LogP contribution is 2.17. The Labute approximate surface area is 132 Å². The molecule has 20 heavy (non-hydrogen) atoms. The molecule has 0 saturated carbocycles. The van der Waals surface area contributed by atoms with Gasteiger partial charge in [-0.2, -0.15) is 0 Å². The summed E-state index contributed by atoms with van der Waals surface area (Å²) in [6, 6.07) is 15.2. The molecule has 0 spiro atoms. The van der Waals surface area contributed by atoms with Gasteiger partial charge in [-0.1, -0.05) is 51.8 Å². The van der Waals surface area contributed by atoms with Crippen molar-refractivity contribution >= 4 is 33.4 Å². The molecule has 2 aromatic carbocycles. The minimum Gasteiger partial charge on any atom is -0.349 e. The molecule has 104 valence electrons. The Morgan fingerprint density at radius 1 is 1.25 bits per heavy atom. The number of rotatable bonds is 4. The molecule has 0 aliphatic carbocycles. The number of carbonyl (C=O) groups excluding carboxylic acids is 1. The summed E-state index contributed by atoms with van der Waals surface area (Å²) >= 11 is 9.33. The molecular formula is C16H15BrClNO. The van der Waals surface area contributed by atoms with E-state index in [1.807, 2.05) is 55.5 Å². The van der Waals surface area contributed by atoms with Gasteiger partial charge >= 0.3 is 0 Å². The van der Waals surface area contributed by atoms with Crippen molar-refractivity contribution in [3.63, 3.8) is 0 Å². The molecule has 0 bridgehead atoms. The second-order valence-electron chi connectivity index (χ2n) is 4.65. The first-order valence-electron chi connectivity index (χ1n) is 6.34. The summed E-state index contributed by atoms with van der Waals surface area (Å²) < 4.78 is 1.01. The molecule has 1 amide bonds. The van der Waals surface area contributed by atoms with Crippen LogP contribution < -0.4 is 5.32 Å². The standard InChI is InChI=1S/C16H15BrClNO/c1-11(13-3-2-4-15(18)10-13)19-16(20)9-12-5-7-14(17)8-6-12/h2-8,10-11H,9H2,1H3,(H,19,20). The predicted molar refractivity (Wildman–Crippen MR) is 85.9 cm³/mol. The van der Waals surface area contributed by atoms with Gasteiger partial charge in [0, 0.05) is 9.50 Å². The van der Waals surface area contributed by atoms with Crippen molar-refractivity contribution in [2.75, 3.05) is 0 Å². The van der Waals surface area contributed by atoms with Gasteiger partial charge in [-0.05, 0) is 42.3 Å². The van der Waals surface area contributed by atoms with E-state index in [9.17, 15) is 4.79 Å². The molecule has 0 aliphatic rings. The molecule has 1 atom stereocenters. The third kappa shape index (κ3) is 4.36. The van der Waals surface area contributed by atoms with Crippen molar-refractivity contribution in [1.29, 1.82) is 0 Å². The maximum absolute atomic E-state index is 12.0. The van der Waals surface area contributed by atoms with Gasteiger partial charge in [0.15, 0.2) is 0 Å². The Kier molecular flexibility index (Phi) is 5.21. The zero-order valence-corrected chi connectivity index (χ0v) is 13.4. The lowest BCUT2D eigenvalue weighted by Crippen LogP contribution is -2.28. The molecule has 0 heterocycles. The van der Waals surface area contributed by atoms with E-state index >= 15 is 0 Å². The third-order valence-corrected chi connectivity index (χ3v) is 3.77. The van der Waals surface area contributed by atoms with Crippen LogP contribution in [0.25, 0.3) is 0 Å². The molecule has 2 nitrogen and oxygen atoms in total. The summed E-state index contributed by atoms with van der Waals surface area (Å²) in [7, 11) is 0. The van der Waals surface area contributed by atoms with Gasteiger partial charge < -0.3 is 5.32 Å². The van der Waals surface area contributed by atoms with Gasteiger partial charge in [0.25, 0.3) is 0 Å². The molecule has 0 radical (unpaired) electrons. The fraction of sp³-hybridized carbons (Fsp3) is 0.188. The van der Waals surface area contributed by atoms with Crippen LogP contribution in [0.15, 0.2) is 53.0 Å². The minimum atomic E-state index is -0.0587. The number of amides is 1. The van der Waals surface area contributed by atoms with Gasteiger partial charge in [-0.3, -0.25) is 4.79 Å². The first kappa shape index (κ1) is 15.1. The second-order valence-corrected chi connectivity index (χ2v) is 6.00. The highest BCUT2D eigenvalue weighted by Gasteiger charge is 2.10. The normalized spacial score (nSPS) is 11.9. The van der Waals surface area contributed by atoms with E-state index in [-0.39, 0.29) is 11.9 Å². The molecule has 2 aromatic rings.